The van der Waals surface area contributed by atoms with Gasteiger partial charge in [0.2, 0.25) is 0 Å². The molecule has 1 saturated carbocycles. The summed E-state index contributed by atoms with van der Waals surface area (Å²) in [5, 5.41) is 4.64. The van der Waals surface area contributed by atoms with Crippen LogP contribution in [-0.2, 0) is 0 Å². The van der Waals surface area contributed by atoms with Gasteiger partial charge in [0, 0.05) is 17.1 Å². The number of hydrogen-bond donors (Lipinski definition) is 1. The summed E-state index contributed by atoms with van der Waals surface area (Å²) in [6.45, 7) is 9.43. The van der Waals surface area contributed by atoms with E-state index in [9.17, 15) is 0 Å². The zero-order valence-corrected chi connectivity index (χ0v) is 14.7. The highest BCUT2D eigenvalue weighted by atomic mass is 35.5. The molecule has 21 heavy (non-hydrogen) atoms. The first-order chi connectivity index (χ1) is 9.86. The minimum absolute atomic E-state index is 0.401. The van der Waals surface area contributed by atoms with Crippen molar-refractivity contribution in [3.8, 4) is 0 Å². The fourth-order valence-electron chi connectivity index (χ4n) is 3.54. The van der Waals surface area contributed by atoms with Crippen molar-refractivity contribution >= 4 is 11.6 Å². The maximum Gasteiger partial charge on any atom is 0.0406 e. The molecule has 2 rings (SSSR count). The second-order valence-electron chi connectivity index (χ2n) is 7.71. The summed E-state index contributed by atoms with van der Waals surface area (Å²) in [6.07, 6.45) is 6.71. The number of nitrogens with one attached hydrogen (secondary N) is 1. The second-order valence-corrected chi connectivity index (χ2v) is 8.14. The minimum atomic E-state index is 0.401. The van der Waals surface area contributed by atoms with Crippen LogP contribution in [0.2, 0.25) is 5.02 Å². The van der Waals surface area contributed by atoms with E-state index in [1.165, 1.54) is 37.7 Å². The molecule has 1 nitrogen and oxygen atoms in total. The quantitative estimate of drug-likeness (QED) is 0.677. The Balaban J connectivity index is 1.90. The van der Waals surface area contributed by atoms with Crippen molar-refractivity contribution in [1.29, 1.82) is 0 Å². The van der Waals surface area contributed by atoms with Gasteiger partial charge >= 0.3 is 0 Å². The highest BCUT2D eigenvalue weighted by molar-refractivity contribution is 6.30. The van der Waals surface area contributed by atoms with Gasteiger partial charge in [0.15, 0.2) is 0 Å². The monoisotopic (exact) mass is 307 g/mol. The van der Waals surface area contributed by atoms with Gasteiger partial charge in [-0.3, -0.25) is 0 Å². The van der Waals surface area contributed by atoms with E-state index < -0.39 is 0 Å². The summed E-state index contributed by atoms with van der Waals surface area (Å²) in [4.78, 5) is 0. The lowest BCUT2D eigenvalue weighted by Crippen LogP contribution is -2.31. The van der Waals surface area contributed by atoms with E-state index >= 15 is 0 Å². The average Bonchev–Trinajstić information content (AvgIpc) is 2.64. The summed E-state index contributed by atoms with van der Waals surface area (Å²) in [5.41, 5.74) is 1.78. The summed E-state index contributed by atoms with van der Waals surface area (Å²) in [7, 11) is 0. The van der Waals surface area contributed by atoms with E-state index in [1.54, 1.807) is 0 Å². The van der Waals surface area contributed by atoms with E-state index in [4.69, 9.17) is 11.6 Å². The maximum absolute atomic E-state index is 5.97. The van der Waals surface area contributed by atoms with Gasteiger partial charge in [-0.2, -0.15) is 0 Å². The summed E-state index contributed by atoms with van der Waals surface area (Å²) >= 11 is 5.97. The molecular formula is C19H30ClN. The van der Waals surface area contributed by atoms with E-state index in [2.05, 4.69) is 45.1 Å². The Kier molecular flexibility index (Phi) is 5.73. The zero-order chi connectivity index (χ0) is 15.5. The lowest BCUT2D eigenvalue weighted by Gasteiger charge is -2.30. The van der Waals surface area contributed by atoms with Crippen LogP contribution >= 0.6 is 11.6 Å². The Hall–Kier alpha value is -0.530. The Morgan fingerprint density at radius 1 is 1.05 bits per heavy atom. The summed E-state index contributed by atoms with van der Waals surface area (Å²) < 4.78 is 0. The Morgan fingerprint density at radius 2 is 1.71 bits per heavy atom. The molecule has 1 aliphatic carbocycles. The van der Waals surface area contributed by atoms with Gasteiger partial charge in [-0.25, -0.2) is 0 Å². The van der Waals surface area contributed by atoms with Crippen molar-refractivity contribution in [1.82, 2.24) is 5.32 Å². The third-order valence-corrected chi connectivity index (χ3v) is 5.30. The molecule has 118 valence electrons. The third-order valence-electron chi connectivity index (χ3n) is 5.05. The lowest BCUT2D eigenvalue weighted by molar-refractivity contribution is 0.213. The topological polar surface area (TPSA) is 12.0 Å². The number of benzene rings is 1. The van der Waals surface area contributed by atoms with Crippen LogP contribution in [0.3, 0.4) is 0 Å². The van der Waals surface area contributed by atoms with Crippen LogP contribution in [0.25, 0.3) is 0 Å². The molecule has 1 aliphatic rings. The molecule has 1 aromatic rings. The van der Waals surface area contributed by atoms with Crippen LogP contribution in [0, 0.1) is 11.3 Å². The van der Waals surface area contributed by atoms with E-state index in [1.807, 2.05) is 12.1 Å². The predicted molar refractivity (Wildman–Crippen MR) is 92.8 cm³/mol. The highest BCUT2D eigenvalue weighted by Gasteiger charge is 2.28. The van der Waals surface area contributed by atoms with Crippen molar-refractivity contribution in [2.24, 2.45) is 11.3 Å². The average molecular weight is 308 g/mol. The Bertz CT molecular complexity index is 432. The standard InChI is InChI=1S/C19H30ClN/c1-14(15-8-11-17(20)12-9-15)21-18-7-5-6-16(10-13-18)19(2,3)4/h8-9,11-12,14,16,18,21H,5-7,10,13H2,1-4H3/t14-,16?,18?/m1/s1. The largest absolute Gasteiger partial charge is 0.307 e. The lowest BCUT2D eigenvalue weighted by atomic mass is 9.76. The molecule has 1 fully saturated rings. The molecule has 3 atom stereocenters. The summed E-state index contributed by atoms with van der Waals surface area (Å²) in [6, 6.07) is 9.29. The minimum Gasteiger partial charge on any atom is -0.307 e. The first-order valence-corrected chi connectivity index (χ1v) is 8.75. The van der Waals surface area contributed by atoms with Gasteiger partial charge in [0.05, 0.1) is 0 Å². The zero-order valence-electron chi connectivity index (χ0n) is 14.0. The van der Waals surface area contributed by atoms with Crippen LogP contribution in [0.1, 0.15) is 71.4 Å². The Labute approximate surface area is 135 Å². The molecule has 0 amide bonds. The normalized spacial score (nSPS) is 25.4. The molecule has 0 aromatic heterocycles. The first kappa shape index (κ1) is 16.8. The van der Waals surface area contributed by atoms with Crippen LogP contribution in [0.4, 0.5) is 0 Å². The number of hydrogen-bond acceptors (Lipinski definition) is 1. The van der Waals surface area contributed by atoms with E-state index in [0.29, 0.717) is 17.5 Å². The van der Waals surface area contributed by atoms with Crippen LogP contribution in [-0.4, -0.2) is 6.04 Å². The number of halogens is 1. The van der Waals surface area contributed by atoms with Gasteiger partial charge in [0.1, 0.15) is 0 Å². The highest BCUT2D eigenvalue weighted by Crippen LogP contribution is 2.37. The van der Waals surface area contributed by atoms with Crippen molar-refractivity contribution in [3.05, 3.63) is 34.9 Å². The van der Waals surface area contributed by atoms with E-state index in [-0.39, 0.29) is 0 Å². The molecule has 1 N–H and O–H groups in total. The van der Waals surface area contributed by atoms with Crippen LogP contribution in [0.5, 0.6) is 0 Å². The third kappa shape index (κ3) is 5.00. The molecule has 0 spiro atoms. The molecule has 1 aromatic carbocycles. The van der Waals surface area contributed by atoms with E-state index in [0.717, 1.165) is 10.9 Å². The van der Waals surface area contributed by atoms with Gasteiger partial charge < -0.3 is 5.32 Å². The predicted octanol–water partition coefficient (Wildman–Crippen LogP) is 5.99. The molecule has 0 saturated heterocycles. The molecule has 0 heterocycles. The molecular weight excluding hydrogens is 278 g/mol. The van der Waals surface area contributed by atoms with Gasteiger partial charge in [0.25, 0.3) is 0 Å². The Morgan fingerprint density at radius 3 is 2.33 bits per heavy atom. The van der Waals surface area contributed by atoms with Crippen molar-refractivity contribution in [2.75, 3.05) is 0 Å². The SMILES string of the molecule is C[C@@H](NC1CCCC(C(C)(C)C)CC1)c1ccc(Cl)cc1. The molecule has 0 radical (unpaired) electrons. The van der Waals surface area contributed by atoms with Gasteiger partial charge in [-0.1, -0.05) is 50.9 Å². The van der Waals surface area contributed by atoms with Gasteiger partial charge in [-0.05, 0) is 61.6 Å². The molecule has 2 unspecified atom stereocenters. The van der Waals surface area contributed by atoms with Crippen molar-refractivity contribution in [3.63, 3.8) is 0 Å². The molecule has 0 bridgehead atoms. The molecule has 0 aliphatic heterocycles. The smallest absolute Gasteiger partial charge is 0.0406 e. The molecule has 2 heteroatoms. The van der Waals surface area contributed by atoms with Crippen LogP contribution in [0.15, 0.2) is 24.3 Å². The van der Waals surface area contributed by atoms with Crippen molar-refractivity contribution < 1.29 is 0 Å². The fourth-order valence-corrected chi connectivity index (χ4v) is 3.66. The van der Waals surface area contributed by atoms with Crippen LogP contribution < -0.4 is 5.32 Å². The fraction of sp³-hybridized carbons (Fsp3) is 0.684. The second kappa shape index (κ2) is 7.15. The van der Waals surface area contributed by atoms with Gasteiger partial charge in [-0.15, -0.1) is 0 Å². The first-order valence-electron chi connectivity index (χ1n) is 8.38. The maximum atomic E-state index is 5.97. The van der Waals surface area contributed by atoms with Crippen molar-refractivity contribution in [2.45, 2.75) is 71.9 Å². The number of rotatable bonds is 3. The summed E-state index contributed by atoms with van der Waals surface area (Å²) in [5.74, 6) is 0.870.